The predicted molar refractivity (Wildman–Crippen MR) is 67.4 cm³/mol. The minimum atomic E-state index is -0.713. The van der Waals surface area contributed by atoms with Gasteiger partial charge in [0.05, 0.1) is 6.08 Å². The molecule has 1 aromatic carbocycles. The lowest BCUT2D eigenvalue weighted by molar-refractivity contribution is -0.219. The molecule has 0 N–H and O–H groups in total. The van der Waals surface area contributed by atoms with Crippen molar-refractivity contribution in [2.75, 3.05) is 0 Å². The van der Waals surface area contributed by atoms with E-state index >= 15 is 0 Å². The van der Waals surface area contributed by atoms with Gasteiger partial charge in [-0.15, -0.1) is 0 Å². The Morgan fingerprint density at radius 1 is 0.944 bits per heavy atom. The zero-order valence-electron chi connectivity index (χ0n) is 10.2. The number of carbonyl (C=O) groups is 1. The van der Waals surface area contributed by atoms with E-state index in [-0.39, 0.29) is 5.97 Å². The van der Waals surface area contributed by atoms with Gasteiger partial charge < -0.3 is 9.47 Å². The quantitative estimate of drug-likeness (QED) is 0.711. The molecule has 2 aliphatic rings. The molecular formula is C15H16O3. The first-order valence-corrected chi connectivity index (χ1v) is 6.47. The van der Waals surface area contributed by atoms with E-state index in [2.05, 4.69) is 0 Å². The standard InChI is InChI=1S/C15H16O3/c16-14-11-13(12-7-3-1-4-8-12)17-15(18-14)9-5-2-6-10-15/h1,3-4,7-8,11H,2,5-6,9-10H2. The van der Waals surface area contributed by atoms with Crippen molar-refractivity contribution in [1.29, 1.82) is 0 Å². The number of benzene rings is 1. The first-order valence-electron chi connectivity index (χ1n) is 6.47. The summed E-state index contributed by atoms with van der Waals surface area (Å²) in [6.07, 6.45) is 6.32. The Kier molecular flexibility index (Phi) is 2.82. The Bertz CT molecular complexity index is 470. The molecule has 1 aliphatic heterocycles. The minimum Gasteiger partial charge on any atom is -0.451 e. The number of rotatable bonds is 1. The predicted octanol–water partition coefficient (Wildman–Crippen LogP) is 3.26. The Balaban J connectivity index is 1.89. The maximum absolute atomic E-state index is 11.7. The normalized spacial score (nSPS) is 22.0. The molecule has 1 spiro atoms. The van der Waals surface area contributed by atoms with E-state index in [1.165, 1.54) is 12.5 Å². The lowest BCUT2D eigenvalue weighted by Gasteiger charge is -2.39. The van der Waals surface area contributed by atoms with Crippen molar-refractivity contribution in [3.05, 3.63) is 42.0 Å². The Morgan fingerprint density at radius 2 is 1.67 bits per heavy atom. The van der Waals surface area contributed by atoms with Gasteiger partial charge in [0.25, 0.3) is 5.79 Å². The average Bonchev–Trinajstić information content (AvgIpc) is 2.40. The van der Waals surface area contributed by atoms with Gasteiger partial charge in [0, 0.05) is 18.4 Å². The molecule has 3 heteroatoms. The summed E-state index contributed by atoms with van der Waals surface area (Å²) in [5, 5.41) is 0. The van der Waals surface area contributed by atoms with Crippen LogP contribution in [0.1, 0.15) is 37.7 Å². The second-order valence-electron chi connectivity index (χ2n) is 4.87. The molecule has 1 aromatic rings. The van der Waals surface area contributed by atoms with Crippen molar-refractivity contribution >= 4 is 11.7 Å². The third kappa shape index (κ3) is 2.13. The second-order valence-corrected chi connectivity index (χ2v) is 4.87. The average molecular weight is 244 g/mol. The highest BCUT2D eigenvalue weighted by molar-refractivity contribution is 5.91. The van der Waals surface area contributed by atoms with Gasteiger partial charge in [-0.3, -0.25) is 0 Å². The van der Waals surface area contributed by atoms with Crippen LogP contribution >= 0.6 is 0 Å². The van der Waals surface area contributed by atoms with E-state index in [0.29, 0.717) is 5.76 Å². The van der Waals surface area contributed by atoms with E-state index in [1.807, 2.05) is 30.3 Å². The Labute approximate surface area is 106 Å². The van der Waals surface area contributed by atoms with Crippen LogP contribution < -0.4 is 0 Å². The topological polar surface area (TPSA) is 35.5 Å². The Hall–Kier alpha value is -1.77. The largest absolute Gasteiger partial charge is 0.451 e. The molecule has 94 valence electrons. The fourth-order valence-corrected chi connectivity index (χ4v) is 2.61. The Morgan fingerprint density at radius 3 is 2.39 bits per heavy atom. The van der Waals surface area contributed by atoms with Gasteiger partial charge in [-0.2, -0.15) is 0 Å². The van der Waals surface area contributed by atoms with E-state index in [4.69, 9.17) is 9.47 Å². The van der Waals surface area contributed by atoms with Crippen LogP contribution in [0, 0.1) is 0 Å². The molecule has 0 aromatic heterocycles. The molecular weight excluding hydrogens is 228 g/mol. The molecule has 1 heterocycles. The highest BCUT2D eigenvalue weighted by Crippen LogP contribution is 2.39. The minimum absolute atomic E-state index is 0.290. The molecule has 0 radical (unpaired) electrons. The van der Waals surface area contributed by atoms with E-state index < -0.39 is 5.79 Å². The molecule has 1 fully saturated rings. The second kappa shape index (κ2) is 4.48. The molecule has 1 saturated carbocycles. The van der Waals surface area contributed by atoms with Crippen LogP contribution in [0.2, 0.25) is 0 Å². The summed E-state index contributed by atoms with van der Waals surface area (Å²) in [5.41, 5.74) is 0.930. The van der Waals surface area contributed by atoms with Gasteiger partial charge >= 0.3 is 5.97 Å². The smallest absolute Gasteiger partial charge is 0.337 e. The fraction of sp³-hybridized carbons (Fsp3) is 0.400. The summed E-state index contributed by atoms with van der Waals surface area (Å²) in [6.45, 7) is 0. The summed E-state index contributed by atoms with van der Waals surface area (Å²) >= 11 is 0. The third-order valence-electron chi connectivity index (χ3n) is 3.51. The SMILES string of the molecule is O=C1C=C(c2ccccc2)OC2(CCCCC2)O1. The molecule has 0 bridgehead atoms. The number of hydrogen-bond donors (Lipinski definition) is 0. The monoisotopic (exact) mass is 244 g/mol. The van der Waals surface area contributed by atoms with Crippen molar-refractivity contribution in [2.45, 2.75) is 37.9 Å². The first-order chi connectivity index (χ1) is 8.77. The number of carbonyl (C=O) groups excluding carboxylic acids is 1. The van der Waals surface area contributed by atoms with Crippen LogP contribution in [0.4, 0.5) is 0 Å². The fourth-order valence-electron chi connectivity index (χ4n) is 2.61. The molecule has 0 unspecified atom stereocenters. The molecule has 0 atom stereocenters. The van der Waals surface area contributed by atoms with E-state index in [1.54, 1.807) is 0 Å². The number of ether oxygens (including phenoxy) is 2. The third-order valence-corrected chi connectivity index (χ3v) is 3.51. The maximum Gasteiger partial charge on any atom is 0.337 e. The van der Waals surface area contributed by atoms with Crippen molar-refractivity contribution in [3.63, 3.8) is 0 Å². The molecule has 18 heavy (non-hydrogen) atoms. The molecule has 0 saturated heterocycles. The maximum atomic E-state index is 11.7. The van der Waals surface area contributed by atoms with Crippen LogP contribution in [0.3, 0.4) is 0 Å². The molecule has 3 nitrogen and oxygen atoms in total. The van der Waals surface area contributed by atoms with Crippen molar-refractivity contribution in [3.8, 4) is 0 Å². The zero-order valence-corrected chi connectivity index (χ0v) is 10.2. The van der Waals surface area contributed by atoms with Gasteiger partial charge in [0.15, 0.2) is 0 Å². The van der Waals surface area contributed by atoms with Gasteiger partial charge in [-0.25, -0.2) is 4.79 Å². The molecule has 0 amide bonds. The van der Waals surface area contributed by atoms with Crippen LogP contribution in [-0.2, 0) is 14.3 Å². The van der Waals surface area contributed by atoms with Crippen molar-refractivity contribution in [1.82, 2.24) is 0 Å². The summed E-state index contributed by atoms with van der Waals surface area (Å²) in [4.78, 5) is 11.7. The van der Waals surface area contributed by atoms with Crippen LogP contribution in [0.25, 0.3) is 5.76 Å². The lowest BCUT2D eigenvalue weighted by atomic mass is 9.93. The van der Waals surface area contributed by atoms with Gasteiger partial charge in [-0.05, 0) is 12.8 Å². The van der Waals surface area contributed by atoms with Crippen molar-refractivity contribution < 1.29 is 14.3 Å². The highest BCUT2D eigenvalue weighted by Gasteiger charge is 2.41. The summed E-state index contributed by atoms with van der Waals surface area (Å²) < 4.78 is 11.4. The zero-order chi connectivity index (χ0) is 12.4. The first kappa shape index (κ1) is 11.3. The number of hydrogen-bond acceptors (Lipinski definition) is 3. The summed E-state index contributed by atoms with van der Waals surface area (Å²) in [5.74, 6) is -0.370. The highest BCUT2D eigenvalue weighted by atomic mass is 16.7. The van der Waals surface area contributed by atoms with Gasteiger partial charge in [0.2, 0.25) is 0 Å². The molecule has 3 rings (SSSR count). The summed E-state index contributed by atoms with van der Waals surface area (Å²) in [7, 11) is 0. The summed E-state index contributed by atoms with van der Waals surface area (Å²) in [6, 6.07) is 9.71. The van der Waals surface area contributed by atoms with Gasteiger partial charge in [0.1, 0.15) is 5.76 Å². The van der Waals surface area contributed by atoms with Crippen molar-refractivity contribution in [2.24, 2.45) is 0 Å². The van der Waals surface area contributed by atoms with Crippen LogP contribution in [-0.4, -0.2) is 11.8 Å². The number of esters is 1. The van der Waals surface area contributed by atoms with Gasteiger partial charge in [-0.1, -0.05) is 36.8 Å². The van der Waals surface area contributed by atoms with Crippen LogP contribution in [0.15, 0.2) is 36.4 Å². The molecule has 1 aliphatic carbocycles. The van der Waals surface area contributed by atoms with Crippen LogP contribution in [0.5, 0.6) is 0 Å². The van der Waals surface area contributed by atoms with E-state index in [0.717, 1.165) is 31.2 Å². The van der Waals surface area contributed by atoms with E-state index in [9.17, 15) is 4.79 Å². The lowest BCUT2D eigenvalue weighted by Crippen LogP contribution is -2.41.